The predicted octanol–water partition coefficient (Wildman–Crippen LogP) is 24.6. The molecule has 0 unspecified atom stereocenters. The molecule has 21 aromatic carbocycles. The third-order valence-electron chi connectivity index (χ3n) is 20.3. The summed E-state index contributed by atoms with van der Waals surface area (Å²) in [4.78, 5) is 0. The first-order valence-electron chi connectivity index (χ1n) is 30.2. The monoisotopic (exact) mass is 1080 g/mol. The van der Waals surface area contributed by atoms with E-state index in [-0.39, 0.29) is 0 Å². The van der Waals surface area contributed by atoms with E-state index in [0.29, 0.717) is 0 Å². The summed E-state index contributed by atoms with van der Waals surface area (Å²) < 4.78 is 0. The van der Waals surface area contributed by atoms with Crippen LogP contribution in [0.2, 0.25) is 0 Å². The molecule has 0 N–H and O–H groups in total. The van der Waals surface area contributed by atoms with Gasteiger partial charge >= 0.3 is 0 Å². The maximum Gasteiger partial charge on any atom is -0.00139 e. The van der Waals surface area contributed by atoms with Gasteiger partial charge in [-0.3, -0.25) is 0 Å². The van der Waals surface area contributed by atoms with E-state index in [1.54, 1.807) is 0 Å². The zero-order valence-corrected chi connectivity index (χ0v) is 46.6. The number of hydrogen-bond acceptors (Lipinski definition) is 0. The van der Waals surface area contributed by atoms with E-state index in [0.717, 1.165) is 0 Å². The summed E-state index contributed by atoms with van der Waals surface area (Å²) in [5.74, 6) is 0. The van der Waals surface area contributed by atoms with E-state index < -0.39 is 0 Å². The lowest BCUT2D eigenvalue weighted by molar-refractivity contribution is 1.60. The fourth-order valence-corrected chi connectivity index (χ4v) is 17.0. The molecule has 0 atom stereocenters. The average molecular weight is 1080 g/mol. The van der Waals surface area contributed by atoms with E-state index in [1.807, 2.05) is 0 Å². The Kier molecular flexibility index (Phi) is 8.61. The zero-order chi connectivity index (χ0) is 55.6. The molecule has 0 heteroatoms. The minimum absolute atomic E-state index is 1.20. The van der Waals surface area contributed by atoms with Crippen LogP contribution in [0.5, 0.6) is 0 Å². The molecule has 0 saturated carbocycles. The maximum atomic E-state index is 2.65. The van der Waals surface area contributed by atoms with Gasteiger partial charge in [-0.15, -0.1) is 0 Å². The van der Waals surface area contributed by atoms with Crippen LogP contribution in [0.1, 0.15) is 0 Å². The third-order valence-corrected chi connectivity index (χ3v) is 20.3. The molecule has 0 amide bonds. The molecule has 86 heavy (non-hydrogen) atoms. The Balaban J connectivity index is 1.01. The molecule has 0 heterocycles. The smallest absolute Gasteiger partial charge is 0.00139 e. The van der Waals surface area contributed by atoms with Crippen LogP contribution < -0.4 is 0 Å². The molecule has 0 nitrogen and oxygen atoms in total. The summed E-state index contributed by atoms with van der Waals surface area (Å²) in [6.07, 6.45) is 0. The Morgan fingerprint density at radius 2 is 0.349 bits per heavy atom. The number of benzene rings is 21. The van der Waals surface area contributed by atoms with Crippen molar-refractivity contribution in [3.63, 3.8) is 0 Å². The van der Waals surface area contributed by atoms with Gasteiger partial charge in [0, 0.05) is 0 Å². The summed E-state index contributed by atoms with van der Waals surface area (Å²) in [6.45, 7) is 0. The Labute approximate surface area is 492 Å². The van der Waals surface area contributed by atoms with E-state index in [4.69, 9.17) is 0 Å². The fraction of sp³-hybridized carbons (Fsp3) is 0. The quantitative estimate of drug-likeness (QED) is 0.122. The first-order chi connectivity index (χ1) is 42.7. The molecule has 0 saturated heterocycles. The first-order valence-corrected chi connectivity index (χ1v) is 30.2. The molecular formula is C86H46. The van der Waals surface area contributed by atoms with E-state index in [9.17, 15) is 0 Å². The van der Waals surface area contributed by atoms with Gasteiger partial charge in [0.15, 0.2) is 0 Å². The van der Waals surface area contributed by atoms with Crippen molar-refractivity contribution in [2.24, 2.45) is 0 Å². The van der Waals surface area contributed by atoms with Crippen molar-refractivity contribution in [1.82, 2.24) is 0 Å². The lowest BCUT2D eigenvalue weighted by Crippen LogP contribution is -1.97. The van der Waals surface area contributed by atoms with Crippen molar-refractivity contribution in [2.75, 3.05) is 0 Å². The van der Waals surface area contributed by atoms with Crippen molar-refractivity contribution in [3.05, 3.63) is 279 Å². The molecule has 21 aromatic rings. The molecule has 0 aliphatic heterocycles. The molecular weight excluding hydrogens is 1030 g/mol. The van der Waals surface area contributed by atoms with Crippen LogP contribution in [-0.2, 0) is 0 Å². The Morgan fingerprint density at radius 1 is 0.116 bits per heavy atom. The topological polar surface area (TPSA) is 0 Å². The van der Waals surface area contributed by atoms with Gasteiger partial charge < -0.3 is 0 Å². The van der Waals surface area contributed by atoms with Gasteiger partial charge in [-0.1, -0.05) is 255 Å². The largest absolute Gasteiger partial charge is 0.0610 e. The number of rotatable bonds is 4. The summed E-state index contributed by atoms with van der Waals surface area (Å²) in [5, 5.41) is 41.2. The molecule has 0 radical (unpaired) electrons. The molecule has 0 fully saturated rings. The van der Waals surface area contributed by atoms with Crippen LogP contribution in [0.3, 0.4) is 0 Å². The summed E-state index contributed by atoms with van der Waals surface area (Å²) in [7, 11) is 0. The lowest BCUT2D eigenvalue weighted by Gasteiger charge is -2.25. The van der Waals surface area contributed by atoms with Crippen LogP contribution in [0, 0.1) is 0 Å². The van der Waals surface area contributed by atoms with Crippen molar-refractivity contribution in [1.29, 1.82) is 0 Å². The number of hydrogen-bond donors (Lipinski definition) is 0. The van der Waals surface area contributed by atoms with E-state index in [2.05, 4.69) is 279 Å². The van der Waals surface area contributed by atoms with Crippen molar-refractivity contribution in [2.45, 2.75) is 0 Å². The standard InChI is InChI=1S/C86H46/c1-13-47-14-5-33-64-75-44-55(43-54-24-12-29-57(80(54)75)56(25-1)76(47)64)71-45-73(66-41-38-52-22-7-31-62-59-27-3-16-49-19-10-35-69(78(49)59)85(66)82(52)62)74(67-42-39-53-23-8-32-63-60-28-4-17-50-20-11-36-70(79(50)60)86(67)83(53)63)46-72(71)65-40-37-51-21-6-30-61-58-26-2-15-48-18-9-34-68(77(48)58)84(65)81(51)61/h1-46H. The second-order valence-corrected chi connectivity index (χ2v) is 24.4. The van der Waals surface area contributed by atoms with Crippen LogP contribution in [0.15, 0.2) is 279 Å². The summed E-state index contributed by atoms with van der Waals surface area (Å²) in [6, 6.07) is 108. The van der Waals surface area contributed by atoms with Gasteiger partial charge in [0.2, 0.25) is 0 Å². The normalized spacial score (nSPS) is 12.7. The molecule has 0 spiro atoms. The van der Waals surface area contributed by atoms with Gasteiger partial charge in [0.25, 0.3) is 0 Å². The lowest BCUT2D eigenvalue weighted by atomic mass is 9.78. The van der Waals surface area contributed by atoms with Crippen molar-refractivity contribution in [3.8, 4) is 44.5 Å². The van der Waals surface area contributed by atoms with Crippen LogP contribution in [0.25, 0.3) is 217 Å². The van der Waals surface area contributed by atoms with Crippen LogP contribution in [-0.4, -0.2) is 0 Å². The predicted molar refractivity (Wildman–Crippen MR) is 373 cm³/mol. The molecule has 390 valence electrons. The third kappa shape index (κ3) is 5.74. The molecule has 0 bridgehead atoms. The Morgan fingerprint density at radius 3 is 0.686 bits per heavy atom. The zero-order valence-electron chi connectivity index (χ0n) is 46.6. The molecule has 21 rings (SSSR count). The van der Waals surface area contributed by atoms with Crippen LogP contribution >= 0.6 is 0 Å². The molecule has 0 aliphatic rings. The minimum atomic E-state index is 1.20. The number of fused-ring (bicyclic) bond motifs is 8. The molecule has 0 aromatic heterocycles. The highest BCUT2D eigenvalue weighted by atomic mass is 14.3. The van der Waals surface area contributed by atoms with Gasteiger partial charge in [0.05, 0.1) is 0 Å². The summed E-state index contributed by atoms with van der Waals surface area (Å²) in [5.41, 5.74) is 9.72. The fourth-order valence-electron chi connectivity index (χ4n) is 17.0. The van der Waals surface area contributed by atoms with Crippen molar-refractivity contribution >= 4 is 172 Å². The summed E-state index contributed by atoms with van der Waals surface area (Å²) >= 11 is 0. The van der Waals surface area contributed by atoms with Gasteiger partial charge in [-0.2, -0.15) is 0 Å². The Bertz CT molecular complexity index is 6530. The van der Waals surface area contributed by atoms with Gasteiger partial charge in [-0.05, 0) is 241 Å². The average Bonchev–Trinajstić information content (AvgIpc) is 0.908. The highest BCUT2D eigenvalue weighted by Crippen LogP contribution is 2.55. The van der Waals surface area contributed by atoms with E-state index in [1.165, 1.54) is 217 Å². The van der Waals surface area contributed by atoms with E-state index >= 15 is 0 Å². The minimum Gasteiger partial charge on any atom is -0.0610 e. The maximum absolute atomic E-state index is 2.65. The second kappa shape index (κ2) is 16.3. The highest BCUT2D eigenvalue weighted by molar-refractivity contribution is 6.40. The van der Waals surface area contributed by atoms with Crippen molar-refractivity contribution < 1.29 is 0 Å². The highest BCUT2D eigenvalue weighted by Gasteiger charge is 2.27. The van der Waals surface area contributed by atoms with Gasteiger partial charge in [0.1, 0.15) is 0 Å². The molecule has 0 aliphatic carbocycles. The second-order valence-electron chi connectivity index (χ2n) is 24.4. The van der Waals surface area contributed by atoms with Gasteiger partial charge in [-0.25, -0.2) is 0 Å². The first kappa shape index (κ1) is 45.3. The Hall–Kier alpha value is -11.2. The SMILES string of the molecule is c1cc2cccc3c4cc(-c5cc(-c6ccc7cccc8c9cccc%10cccc(c6c78)c%109)c(-c6ccc7cccc8c9cccc%10cccc(c6c78)c%109)cc5-c5ccc6cccc7c8cccc9cccc(c5c67)c98)cc5cccc(c(c1)c23)c54. The van der Waals surface area contributed by atoms with Crippen LogP contribution in [0.4, 0.5) is 0 Å².